The van der Waals surface area contributed by atoms with Gasteiger partial charge in [-0.25, -0.2) is 8.42 Å². The molecular formula is C26H30N2O6S. The SMILES string of the molecule is CCN(c1ccc(OCC(=O)NCCc2ccc(OC)c(OC)c2)cc1)S(=O)(=O)c1ccccc1. The molecule has 3 aromatic carbocycles. The lowest BCUT2D eigenvalue weighted by Gasteiger charge is -2.23. The van der Waals surface area contributed by atoms with Gasteiger partial charge in [-0.2, -0.15) is 0 Å². The highest BCUT2D eigenvalue weighted by Gasteiger charge is 2.23. The number of nitrogens with one attached hydrogen (secondary N) is 1. The fourth-order valence-corrected chi connectivity index (χ4v) is 5.00. The van der Waals surface area contributed by atoms with Crippen LogP contribution in [0.4, 0.5) is 5.69 Å². The van der Waals surface area contributed by atoms with E-state index < -0.39 is 10.0 Å². The van der Waals surface area contributed by atoms with Crippen molar-refractivity contribution in [3.05, 3.63) is 78.4 Å². The molecule has 9 heteroatoms. The van der Waals surface area contributed by atoms with Crippen molar-refractivity contribution in [2.75, 3.05) is 38.2 Å². The standard InChI is InChI=1S/C26H30N2O6S/c1-4-28(35(30,31)23-8-6-5-7-9-23)21-11-13-22(14-12-21)34-19-26(29)27-17-16-20-10-15-24(32-2)25(18-20)33-3/h5-15,18H,4,16-17,19H2,1-3H3,(H,27,29). The summed E-state index contributed by atoms with van der Waals surface area (Å²) in [4.78, 5) is 12.4. The van der Waals surface area contributed by atoms with Crippen LogP contribution in [0.1, 0.15) is 12.5 Å². The Morgan fingerprint density at radius 2 is 1.60 bits per heavy atom. The van der Waals surface area contributed by atoms with Crippen molar-refractivity contribution >= 4 is 21.6 Å². The molecule has 0 aliphatic rings. The van der Waals surface area contributed by atoms with Crippen molar-refractivity contribution in [3.63, 3.8) is 0 Å². The molecule has 0 saturated heterocycles. The van der Waals surface area contributed by atoms with Crippen molar-refractivity contribution in [3.8, 4) is 17.2 Å². The van der Waals surface area contributed by atoms with Gasteiger partial charge in [-0.05, 0) is 67.4 Å². The summed E-state index contributed by atoms with van der Waals surface area (Å²) in [5.74, 6) is 1.51. The van der Waals surface area contributed by atoms with E-state index in [9.17, 15) is 13.2 Å². The van der Waals surface area contributed by atoms with E-state index in [0.717, 1.165) is 5.56 Å². The Hall–Kier alpha value is -3.72. The minimum Gasteiger partial charge on any atom is -0.493 e. The summed E-state index contributed by atoms with van der Waals surface area (Å²) in [6, 6.07) is 20.5. The van der Waals surface area contributed by atoms with Gasteiger partial charge in [0, 0.05) is 13.1 Å². The van der Waals surface area contributed by atoms with E-state index in [2.05, 4.69) is 5.32 Å². The Labute approximate surface area is 206 Å². The molecule has 0 unspecified atom stereocenters. The number of benzene rings is 3. The third kappa shape index (κ3) is 6.66. The van der Waals surface area contributed by atoms with Crippen molar-refractivity contribution in [1.29, 1.82) is 0 Å². The zero-order valence-corrected chi connectivity index (χ0v) is 20.9. The van der Waals surface area contributed by atoms with Gasteiger partial charge >= 0.3 is 0 Å². The number of hydrogen-bond donors (Lipinski definition) is 1. The molecule has 0 aliphatic heterocycles. The third-order valence-electron chi connectivity index (χ3n) is 5.30. The van der Waals surface area contributed by atoms with Gasteiger partial charge in [-0.15, -0.1) is 0 Å². The van der Waals surface area contributed by atoms with Crippen LogP contribution >= 0.6 is 0 Å². The molecule has 1 amide bonds. The second-order valence-electron chi connectivity index (χ2n) is 7.55. The summed E-state index contributed by atoms with van der Waals surface area (Å²) in [5, 5.41) is 2.82. The summed E-state index contributed by atoms with van der Waals surface area (Å²) < 4.78 is 43.3. The molecule has 0 aromatic heterocycles. The number of ether oxygens (including phenoxy) is 3. The summed E-state index contributed by atoms with van der Waals surface area (Å²) >= 11 is 0. The first-order chi connectivity index (χ1) is 16.9. The number of anilines is 1. The Morgan fingerprint density at radius 1 is 0.914 bits per heavy atom. The fourth-order valence-electron chi connectivity index (χ4n) is 3.50. The van der Waals surface area contributed by atoms with E-state index >= 15 is 0 Å². The molecule has 0 radical (unpaired) electrons. The molecule has 0 bridgehead atoms. The lowest BCUT2D eigenvalue weighted by atomic mass is 10.1. The van der Waals surface area contributed by atoms with Gasteiger partial charge in [0.05, 0.1) is 24.8 Å². The average molecular weight is 499 g/mol. The van der Waals surface area contributed by atoms with E-state index in [4.69, 9.17) is 14.2 Å². The number of methoxy groups -OCH3 is 2. The molecule has 35 heavy (non-hydrogen) atoms. The van der Waals surface area contributed by atoms with Crippen LogP contribution in [0, 0.1) is 0 Å². The molecule has 186 valence electrons. The van der Waals surface area contributed by atoms with Crippen LogP contribution < -0.4 is 23.8 Å². The van der Waals surface area contributed by atoms with Gasteiger partial charge in [0.25, 0.3) is 15.9 Å². The van der Waals surface area contributed by atoms with Crippen LogP contribution in [0.2, 0.25) is 0 Å². The average Bonchev–Trinajstić information content (AvgIpc) is 2.89. The predicted molar refractivity (Wildman–Crippen MR) is 135 cm³/mol. The first kappa shape index (κ1) is 25.9. The topological polar surface area (TPSA) is 94.2 Å². The molecule has 0 saturated carbocycles. The molecule has 3 aromatic rings. The molecule has 8 nitrogen and oxygen atoms in total. The number of amides is 1. The summed E-state index contributed by atoms with van der Waals surface area (Å²) in [5.41, 5.74) is 1.52. The predicted octanol–water partition coefficient (Wildman–Crippen LogP) is 3.66. The van der Waals surface area contributed by atoms with Gasteiger partial charge < -0.3 is 19.5 Å². The van der Waals surface area contributed by atoms with Crippen LogP contribution in [0.3, 0.4) is 0 Å². The Kier molecular flexibility index (Phi) is 8.97. The largest absolute Gasteiger partial charge is 0.493 e. The van der Waals surface area contributed by atoms with Gasteiger partial charge in [0.1, 0.15) is 5.75 Å². The second-order valence-corrected chi connectivity index (χ2v) is 9.42. The van der Waals surface area contributed by atoms with Gasteiger partial charge in [0.15, 0.2) is 18.1 Å². The second kappa shape index (κ2) is 12.1. The van der Waals surface area contributed by atoms with E-state index in [1.807, 2.05) is 18.2 Å². The maximum absolute atomic E-state index is 13.0. The quantitative estimate of drug-likeness (QED) is 0.410. The van der Waals surface area contributed by atoms with Crippen molar-refractivity contribution in [1.82, 2.24) is 5.32 Å². The maximum atomic E-state index is 13.0. The van der Waals surface area contributed by atoms with Gasteiger partial charge in [-0.1, -0.05) is 24.3 Å². The number of nitrogens with zero attached hydrogens (tertiary/aromatic N) is 1. The summed E-state index contributed by atoms with van der Waals surface area (Å²) in [7, 11) is -0.511. The fraction of sp³-hybridized carbons (Fsp3) is 0.269. The highest BCUT2D eigenvalue weighted by molar-refractivity contribution is 7.92. The molecular weight excluding hydrogens is 468 g/mol. The summed E-state index contributed by atoms with van der Waals surface area (Å²) in [6.45, 7) is 2.35. The van der Waals surface area contributed by atoms with Gasteiger partial charge in [0.2, 0.25) is 0 Å². The number of carbonyl (C=O) groups is 1. The molecule has 0 aliphatic carbocycles. The number of rotatable bonds is 12. The van der Waals surface area contributed by atoms with Crippen LogP contribution in [0.25, 0.3) is 0 Å². The number of carbonyl (C=O) groups excluding carboxylic acids is 1. The first-order valence-electron chi connectivity index (χ1n) is 11.2. The van der Waals surface area contributed by atoms with E-state index in [-0.39, 0.29) is 24.0 Å². The van der Waals surface area contributed by atoms with Crippen molar-refractivity contribution in [2.24, 2.45) is 0 Å². The van der Waals surface area contributed by atoms with Crippen LogP contribution in [-0.2, 0) is 21.2 Å². The lowest BCUT2D eigenvalue weighted by Crippen LogP contribution is -2.31. The Morgan fingerprint density at radius 3 is 2.23 bits per heavy atom. The zero-order chi connectivity index (χ0) is 25.3. The Bertz CT molecular complexity index is 1210. The van der Waals surface area contributed by atoms with Crippen LogP contribution in [0.15, 0.2) is 77.7 Å². The third-order valence-corrected chi connectivity index (χ3v) is 7.21. The summed E-state index contributed by atoms with van der Waals surface area (Å²) in [6.07, 6.45) is 0.629. The van der Waals surface area contributed by atoms with Crippen molar-refractivity contribution in [2.45, 2.75) is 18.2 Å². The molecule has 0 fully saturated rings. The Balaban J connectivity index is 1.51. The normalized spacial score (nSPS) is 10.9. The van der Waals surface area contributed by atoms with E-state index in [0.29, 0.717) is 35.9 Å². The maximum Gasteiger partial charge on any atom is 0.264 e. The highest BCUT2D eigenvalue weighted by Crippen LogP contribution is 2.28. The zero-order valence-electron chi connectivity index (χ0n) is 20.1. The molecule has 0 atom stereocenters. The van der Waals surface area contributed by atoms with E-state index in [1.165, 1.54) is 4.31 Å². The minimum atomic E-state index is -3.67. The van der Waals surface area contributed by atoms with Crippen LogP contribution in [-0.4, -0.2) is 48.2 Å². The molecule has 0 spiro atoms. The van der Waals surface area contributed by atoms with Crippen molar-refractivity contribution < 1.29 is 27.4 Å². The molecule has 1 N–H and O–H groups in total. The van der Waals surface area contributed by atoms with Crippen LogP contribution in [0.5, 0.6) is 17.2 Å². The van der Waals surface area contributed by atoms with E-state index in [1.54, 1.807) is 75.7 Å². The molecule has 0 heterocycles. The first-order valence-corrected chi connectivity index (χ1v) is 12.6. The van der Waals surface area contributed by atoms with Gasteiger partial charge in [-0.3, -0.25) is 9.10 Å². The highest BCUT2D eigenvalue weighted by atomic mass is 32.2. The number of sulfonamides is 1. The monoisotopic (exact) mass is 498 g/mol. The smallest absolute Gasteiger partial charge is 0.264 e. The number of hydrogen-bond acceptors (Lipinski definition) is 6. The lowest BCUT2D eigenvalue weighted by molar-refractivity contribution is -0.123. The minimum absolute atomic E-state index is 0.148. The molecule has 3 rings (SSSR count).